The minimum atomic E-state index is -0.117. The fraction of sp³-hybridized carbons (Fsp3) is 0.348. The fourth-order valence-electron chi connectivity index (χ4n) is 3.96. The minimum absolute atomic E-state index is 0.117. The van der Waals surface area contributed by atoms with Crippen molar-refractivity contribution < 1.29 is 4.79 Å². The first kappa shape index (κ1) is 20.1. The van der Waals surface area contributed by atoms with Gasteiger partial charge in [0.25, 0.3) is 5.91 Å². The molecule has 0 saturated heterocycles. The maximum absolute atomic E-state index is 12.2. The van der Waals surface area contributed by atoms with Crippen LogP contribution < -0.4 is 21.9 Å². The Bertz CT molecular complexity index is 1020. The predicted molar refractivity (Wildman–Crippen MR) is 120 cm³/mol. The van der Waals surface area contributed by atoms with E-state index in [-0.39, 0.29) is 5.91 Å². The Balaban J connectivity index is 1.29. The van der Waals surface area contributed by atoms with Crippen LogP contribution in [0.5, 0.6) is 0 Å². The lowest BCUT2D eigenvalue weighted by Gasteiger charge is -2.21. The largest absolute Gasteiger partial charge is 0.384 e. The zero-order valence-electron chi connectivity index (χ0n) is 17.1. The molecule has 7 heteroatoms. The molecule has 1 aliphatic rings. The molecule has 0 bridgehead atoms. The number of aryl methyl sites for hydroxylation is 1. The van der Waals surface area contributed by atoms with Crippen LogP contribution in [-0.2, 0) is 12.8 Å². The van der Waals surface area contributed by atoms with Gasteiger partial charge in [-0.05, 0) is 62.3 Å². The summed E-state index contributed by atoms with van der Waals surface area (Å²) < 4.78 is 0. The number of rotatable bonds is 8. The Morgan fingerprint density at radius 1 is 1.03 bits per heavy atom. The van der Waals surface area contributed by atoms with E-state index in [0.717, 1.165) is 37.7 Å². The molecule has 2 heterocycles. The molecule has 4 rings (SSSR count). The number of pyridine rings is 2. The van der Waals surface area contributed by atoms with Crippen molar-refractivity contribution in [1.29, 1.82) is 0 Å². The molecule has 0 unspecified atom stereocenters. The van der Waals surface area contributed by atoms with Crippen molar-refractivity contribution >= 4 is 28.3 Å². The molecule has 0 aliphatic heterocycles. The van der Waals surface area contributed by atoms with Gasteiger partial charge in [0, 0.05) is 36.1 Å². The highest BCUT2D eigenvalue weighted by Crippen LogP contribution is 2.33. The van der Waals surface area contributed by atoms with Gasteiger partial charge in [-0.2, -0.15) is 0 Å². The Hall–Kier alpha value is -3.19. The number of hydrazine groups is 1. The van der Waals surface area contributed by atoms with Crippen molar-refractivity contribution in [1.82, 2.24) is 15.3 Å². The van der Waals surface area contributed by atoms with Crippen molar-refractivity contribution in [2.24, 2.45) is 5.84 Å². The van der Waals surface area contributed by atoms with Gasteiger partial charge in [0.2, 0.25) is 0 Å². The fourth-order valence-corrected chi connectivity index (χ4v) is 3.96. The number of anilines is 2. The van der Waals surface area contributed by atoms with Gasteiger partial charge in [-0.15, -0.1) is 0 Å². The standard InChI is InChI=1S/C23H28N6O/c24-29-21-12-11-16(15-27-21)23(30)26-14-6-5-13-25-22-17-7-1-3-9-19(17)28-20-10-4-2-8-18(20)22/h1,3,7,9,11-12,15H,2,4-6,8,10,13-14,24H2,(H,25,28)(H,26,30)(H,27,29). The van der Waals surface area contributed by atoms with Crippen molar-refractivity contribution in [3.8, 4) is 0 Å². The van der Waals surface area contributed by atoms with Crippen LogP contribution in [0.2, 0.25) is 0 Å². The number of carbonyl (C=O) groups is 1. The molecule has 0 radical (unpaired) electrons. The van der Waals surface area contributed by atoms with Gasteiger partial charge < -0.3 is 16.1 Å². The van der Waals surface area contributed by atoms with Crippen LogP contribution in [0, 0.1) is 0 Å². The average Bonchev–Trinajstić information content (AvgIpc) is 2.80. The van der Waals surface area contributed by atoms with E-state index < -0.39 is 0 Å². The summed E-state index contributed by atoms with van der Waals surface area (Å²) in [6.07, 6.45) is 8.00. The highest BCUT2D eigenvalue weighted by Gasteiger charge is 2.17. The lowest BCUT2D eigenvalue weighted by molar-refractivity contribution is 0.0953. The van der Waals surface area contributed by atoms with Gasteiger partial charge in [-0.3, -0.25) is 9.78 Å². The molecular formula is C23H28N6O. The number of para-hydroxylation sites is 1. The normalized spacial score (nSPS) is 13.0. The maximum atomic E-state index is 12.2. The first-order chi connectivity index (χ1) is 14.8. The molecule has 5 N–H and O–H groups in total. The summed E-state index contributed by atoms with van der Waals surface area (Å²) in [5.41, 5.74) is 7.93. The summed E-state index contributed by atoms with van der Waals surface area (Å²) in [7, 11) is 0. The van der Waals surface area contributed by atoms with Crippen LogP contribution in [0.4, 0.5) is 11.5 Å². The second kappa shape index (κ2) is 9.54. The third-order valence-electron chi connectivity index (χ3n) is 5.53. The number of hydrogen-bond acceptors (Lipinski definition) is 6. The Morgan fingerprint density at radius 2 is 1.87 bits per heavy atom. The second-order valence-electron chi connectivity index (χ2n) is 7.60. The first-order valence-corrected chi connectivity index (χ1v) is 10.6. The van der Waals surface area contributed by atoms with Gasteiger partial charge in [0.1, 0.15) is 5.82 Å². The molecule has 2 aromatic heterocycles. The molecule has 30 heavy (non-hydrogen) atoms. The molecule has 3 aromatic rings. The summed E-state index contributed by atoms with van der Waals surface area (Å²) in [5.74, 6) is 5.70. The monoisotopic (exact) mass is 404 g/mol. The number of benzene rings is 1. The summed E-state index contributed by atoms with van der Waals surface area (Å²) in [6.45, 7) is 1.50. The topological polar surface area (TPSA) is 105 Å². The highest BCUT2D eigenvalue weighted by atomic mass is 16.1. The lowest BCUT2D eigenvalue weighted by Crippen LogP contribution is -2.25. The lowest BCUT2D eigenvalue weighted by atomic mass is 9.92. The summed E-state index contributed by atoms with van der Waals surface area (Å²) in [6, 6.07) is 11.8. The number of unbranched alkanes of at least 4 members (excludes halogenated alkanes) is 1. The van der Waals surface area contributed by atoms with E-state index in [1.165, 1.54) is 41.4 Å². The summed E-state index contributed by atoms with van der Waals surface area (Å²) >= 11 is 0. The van der Waals surface area contributed by atoms with Crippen LogP contribution in [0.25, 0.3) is 10.9 Å². The number of nitrogens with zero attached hydrogens (tertiary/aromatic N) is 2. The molecule has 7 nitrogen and oxygen atoms in total. The van der Waals surface area contributed by atoms with Crippen LogP contribution >= 0.6 is 0 Å². The van der Waals surface area contributed by atoms with Gasteiger partial charge in [-0.25, -0.2) is 10.8 Å². The zero-order valence-corrected chi connectivity index (χ0v) is 17.1. The second-order valence-corrected chi connectivity index (χ2v) is 7.60. The third-order valence-corrected chi connectivity index (χ3v) is 5.53. The van der Waals surface area contributed by atoms with E-state index in [2.05, 4.69) is 39.2 Å². The molecule has 156 valence electrons. The number of aromatic nitrogens is 2. The molecule has 1 amide bonds. The van der Waals surface area contributed by atoms with Gasteiger partial charge in [0.05, 0.1) is 11.1 Å². The molecule has 0 saturated carbocycles. The average molecular weight is 405 g/mol. The Kier molecular flexibility index (Phi) is 6.39. The molecule has 1 aromatic carbocycles. The number of amides is 1. The minimum Gasteiger partial charge on any atom is -0.384 e. The Morgan fingerprint density at radius 3 is 2.70 bits per heavy atom. The van der Waals surface area contributed by atoms with Crippen molar-refractivity contribution in [2.45, 2.75) is 38.5 Å². The smallest absolute Gasteiger partial charge is 0.252 e. The van der Waals surface area contributed by atoms with Crippen LogP contribution in [0.1, 0.15) is 47.3 Å². The van der Waals surface area contributed by atoms with Crippen LogP contribution in [0.3, 0.4) is 0 Å². The predicted octanol–water partition coefficient (Wildman–Crippen LogP) is 3.42. The molecule has 0 atom stereocenters. The third kappa shape index (κ3) is 4.52. The zero-order chi connectivity index (χ0) is 20.8. The molecule has 0 fully saturated rings. The number of nitrogen functional groups attached to an aromatic ring is 1. The molecule has 0 spiro atoms. The molecule has 1 aliphatic carbocycles. The highest BCUT2D eigenvalue weighted by molar-refractivity contribution is 5.94. The number of nitrogens with two attached hydrogens (primary N) is 1. The van der Waals surface area contributed by atoms with Crippen molar-refractivity contribution in [3.63, 3.8) is 0 Å². The number of hydrogen-bond donors (Lipinski definition) is 4. The number of carbonyl (C=O) groups excluding carboxylic acids is 1. The van der Waals surface area contributed by atoms with E-state index >= 15 is 0 Å². The van der Waals surface area contributed by atoms with E-state index in [4.69, 9.17) is 10.8 Å². The summed E-state index contributed by atoms with van der Waals surface area (Å²) in [5, 5.41) is 7.82. The van der Waals surface area contributed by atoms with Crippen molar-refractivity contribution in [2.75, 3.05) is 23.8 Å². The van der Waals surface area contributed by atoms with Crippen molar-refractivity contribution in [3.05, 3.63) is 59.4 Å². The maximum Gasteiger partial charge on any atom is 0.252 e. The van der Waals surface area contributed by atoms with E-state index in [1.54, 1.807) is 12.1 Å². The molecular weight excluding hydrogens is 376 g/mol. The van der Waals surface area contributed by atoms with E-state index in [1.807, 2.05) is 6.07 Å². The number of fused-ring (bicyclic) bond motifs is 2. The van der Waals surface area contributed by atoms with Crippen LogP contribution in [-0.4, -0.2) is 29.0 Å². The van der Waals surface area contributed by atoms with Crippen LogP contribution in [0.15, 0.2) is 42.6 Å². The van der Waals surface area contributed by atoms with Gasteiger partial charge in [0.15, 0.2) is 0 Å². The van der Waals surface area contributed by atoms with Gasteiger partial charge >= 0.3 is 0 Å². The quantitative estimate of drug-likeness (QED) is 0.260. The SMILES string of the molecule is NNc1ccc(C(=O)NCCCCNc2c3c(nc4ccccc24)CCCC3)cn1. The summed E-state index contributed by atoms with van der Waals surface area (Å²) in [4.78, 5) is 21.1. The van der Waals surface area contributed by atoms with E-state index in [0.29, 0.717) is 17.9 Å². The Labute approximate surface area is 176 Å². The van der Waals surface area contributed by atoms with E-state index in [9.17, 15) is 4.79 Å². The first-order valence-electron chi connectivity index (χ1n) is 10.6. The number of nitrogens with one attached hydrogen (secondary N) is 3. The van der Waals surface area contributed by atoms with Gasteiger partial charge in [-0.1, -0.05) is 18.2 Å².